The van der Waals surface area contributed by atoms with Crippen LogP contribution in [0.2, 0.25) is 0 Å². The highest BCUT2D eigenvalue weighted by atomic mass is 16.4. The number of allylic oxidation sites excluding steroid dienone is 8. The van der Waals surface area contributed by atoms with E-state index in [-0.39, 0.29) is 0 Å². The highest BCUT2D eigenvalue weighted by Crippen LogP contribution is 2.02. The molecule has 0 bridgehead atoms. The molecule has 0 aromatic rings. The third-order valence-corrected chi connectivity index (χ3v) is 2.85. The van der Waals surface area contributed by atoms with E-state index >= 15 is 0 Å². The number of aliphatic hydroxyl groups is 1. The van der Waals surface area contributed by atoms with Gasteiger partial charge in [0.15, 0.2) is 6.10 Å². The summed E-state index contributed by atoms with van der Waals surface area (Å²) in [5, 5.41) is 17.6. The second kappa shape index (κ2) is 14.8. The molecule has 2 N–H and O–H groups in total. The van der Waals surface area contributed by atoms with Gasteiger partial charge in [-0.05, 0) is 44.9 Å². The third kappa shape index (κ3) is 14.6. The molecule has 0 fully saturated rings. The van der Waals surface area contributed by atoms with Crippen molar-refractivity contribution in [2.45, 2.75) is 58.0 Å². The van der Waals surface area contributed by atoms with Crippen molar-refractivity contribution in [1.82, 2.24) is 0 Å². The molecule has 0 amide bonds. The van der Waals surface area contributed by atoms with Crippen LogP contribution in [0.4, 0.5) is 0 Å². The zero-order chi connectivity index (χ0) is 15.8. The van der Waals surface area contributed by atoms with E-state index in [0.29, 0.717) is 12.8 Å². The average molecular weight is 292 g/mol. The summed E-state index contributed by atoms with van der Waals surface area (Å²) in [6.07, 6.45) is 21.6. The van der Waals surface area contributed by atoms with Gasteiger partial charge in [0.05, 0.1) is 0 Å². The Morgan fingerprint density at radius 2 is 1.38 bits per heavy atom. The minimum Gasteiger partial charge on any atom is -0.479 e. The fourth-order valence-corrected chi connectivity index (χ4v) is 1.65. The van der Waals surface area contributed by atoms with Gasteiger partial charge >= 0.3 is 5.97 Å². The summed E-state index contributed by atoms with van der Waals surface area (Å²) in [5.74, 6) is -1.14. The lowest BCUT2D eigenvalue weighted by Gasteiger charge is -2.02. The van der Waals surface area contributed by atoms with Crippen molar-refractivity contribution < 1.29 is 15.0 Å². The van der Waals surface area contributed by atoms with Crippen molar-refractivity contribution in [1.29, 1.82) is 0 Å². The molecule has 1 unspecified atom stereocenters. The van der Waals surface area contributed by atoms with Crippen molar-refractivity contribution in [2.75, 3.05) is 0 Å². The fraction of sp³-hybridized carbons (Fsp3) is 0.500. The molecule has 0 spiro atoms. The average Bonchev–Trinajstić information content (AvgIpc) is 2.47. The van der Waals surface area contributed by atoms with Crippen LogP contribution in [0.15, 0.2) is 48.6 Å². The molecule has 0 radical (unpaired) electrons. The first-order valence-corrected chi connectivity index (χ1v) is 7.69. The van der Waals surface area contributed by atoms with E-state index in [1.54, 1.807) is 0 Å². The highest BCUT2D eigenvalue weighted by molar-refractivity contribution is 5.71. The first-order chi connectivity index (χ1) is 10.2. The van der Waals surface area contributed by atoms with Gasteiger partial charge in [0.25, 0.3) is 0 Å². The zero-order valence-corrected chi connectivity index (χ0v) is 12.9. The van der Waals surface area contributed by atoms with E-state index in [9.17, 15) is 4.79 Å². The smallest absolute Gasteiger partial charge is 0.332 e. The lowest BCUT2D eigenvalue weighted by Crippen LogP contribution is -2.18. The number of rotatable bonds is 12. The van der Waals surface area contributed by atoms with Crippen LogP contribution >= 0.6 is 0 Å². The zero-order valence-electron chi connectivity index (χ0n) is 12.9. The second-order valence-electron chi connectivity index (χ2n) is 4.79. The second-order valence-corrected chi connectivity index (χ2v) is 4.79. The van der Waals surface area contributed by atoms with Crippen molar-refractivity contribution in [3.05, 3.63) is 48.6 Å². The Labute approximate surface area is 128 Å². The quantitative estimate of drug-likeness (QED) is 0.414. The topological polar surface area (TPSA) is 57.5 Å². The van der Waals surface area contributed by atoms with E-state index in [4.69, 9.17) is 10.2 Å². The van der Waals surface area contributed by atoms with Crippen LogP contribution in [0.25, 0.3) is 0 Å². The fourth-order valence-electron chi connectivity index (χ4n) is 1.65. The summed E-state index contributed by atoms with van der Waals surface area (Å²) < 4.78 is 0. The van der Waals surface area contributed by atoms with Crippen molar-refractivity contribution in [3.63, 3.8) is 0 Å². The molecule has 0 heterocycles. The first kappa shape index (κ1) is 19.4. The Morgan fingerprint density at radius 3 is 1.86 bits per heavy atom. The standard InChI is InChI=1S/C18H28O3/c1-2-3-4-5-6-7-8-9-10-11-12-13-14-15-16-17(19)18(20)21/h3-4,6-7,9-10,12-13,17,19H,2,5,8,11,14-16H2,1H3,(H,20,21)/b4-3-,7-6-,10-9-,13-12-. The maximum Gasteiger partial charge on any atom is 0.332 e. The normalized spacial score (nSPS) is 14.0. The number of unbranched alkanes of at least 4 members (excludes halogenated alkanes) is 1. The van der Waals surface area contributed by atoms with Gasteiger partial charge < -0.3 is 10.2 Å². The predicted octanol–water partition coefficient (Wildman–Crippen LogP) is 4.41. The third-order valence-electron chi connectivity index (χ3n) is 2.85. The van der Waals surface area contributed by atoms with Gasteiger partial charge in [-0.15, -0.1) is 0 Å². The maximum absolute atomic E-state index is 10.4. The summed E-state index contributed by atoms with van der Waals surface area (Å²) in [6, 6.07) is 0. The van der Waals surface area contributed by atoms with Crippen LogP contribution in [-0.4, -0.2) is 22.3 Å². The number of carboxylic acid groups (broad SMARTS) is 1. The van der Waals surface area contributed by atoms with Crippen LogP contribution in [0.5, 0.6) is 0 Å². The van der Waals surface area contributed by atoms with Crippen LogP contribution in [0.3, 0.4) is 0 Å². The van der Waals surface area contributed by atoms with E-state index in [1.807, 2.05) is 6.08 Å². The van der Waals surface area contributed by atoms with Crippen molar-refractivity contribution in [3.8, 4) is 0 Å². The predicted molar refractivity (Wildman–Crippen MR) is 88.2 cm³/mol. The van der Waals surface area contributed by atoms with Gasteiger partial charge in [0, 0.05) is 0 Å². The van der Waals surface area contributed by atoms with E-state index in [2.05, 4.69) is 49.5 Å². The van der Waals surface area contributed by atoms with Gasteiger partial charge in [0.2, 0.25) is 0 Å². The summed E-state index contributed by atoms with van der Waals surface area (Å²) in [7, 11) is 0. The number of carboxylic acids is 1. The molecule has 118 valence electrons. The largest absolute Gasteiger partial charge is 0.479 e. The molecule has 0 aliphatic carbocycles. The molecular formula is C18H28O3. The molecule has 0 aliphatic rings. The minimum atomic E-state index is -1.22. The lowest BCUT2D eigenvalue weighted by atomic mass is 10.1. The highest BCUT2D eigenvalue weighted by Gasteiger charge is 2.10. The molecule has 0 aromatic heterocycles. The molecule has 21 heavy (non-hydrogen) atoms. The Balaban J connectivity index is 3.48. The SMILES string of the molecule is CC/C=C\C/C=C\C/C=C\C/C=C\CCCC(O)C(=O)O. The molecule has 3 nitrogen and oxygen atoms in total. The van der Waals surface area contributed by atoms with Crippen molar-refractivity contribution >= 4 is 5.97 Å². The number of aliphatic carboxylic acids is 1. The van der Waals surface area contributed by atoms with Crippen LogP contribution in [0, 0.1) is 0 Å². The molecule has 0 saturated heterocycles. The van der Waals surface area contributed by atoms with E-state index in [1.165, 1.54) is 0 Å². The van der Waals surface area contributed by atoms with Gasteiger partial charge in [-0.1, -0.05) is 55.5 Å². The van der Waals surface area contributed by atoms with Gasteiger partial charge in [0.1, 0.15) is 0 Å². The summed E-state index contributed by atoms with van der Waals surface area (Å²) in [4.78, 5) is 10.4. The number of carbonyl (C=O) groups is 1. The van der Waals surface area contributed by atoms with Gasteiger partial charge in [-0.25, -0.2) is 4.79 Å². The van der Waals surface area contributed by atoms with Crippen LogP contribution in [0.1, 0.15) is 51.9 Å². The molecule has 1 atom stereocenters. The molecule has 3 heteroatoms. The van der Waals surface area contributed by atoms with Gasteiger partial charge in [-0.2, -0.15) is 0 Å². The maximum atomic E-state index is 10.4. The summed E-state index contributed by atoms with van der Waals surface area (Å²) >= 11 is 0. The molecular weight excluding hydrogens is 264 g/mol. The van der Waals surface area contributed by atoms with Crippen LogP contribution in [-0.2, 0) is 4.79 Å². The monoisotopic (exact) mass is 292 g/mol. The Hall–Kier alpha value is -1.61. The lowest BCUT2D eigenvalue weighted by molar-refractivity contribution is -0.146. The Bertz CT molecular complexity index is 365. The summed E-state index contributed by atoms with van der Waals surface area (Å²) in [6.45, 7) is 2.13. The number of hydrogen-bond donors (Lipinski definition) is 2. The molecule has 0 rings (SSSR count). The Kier molecular flexibility index (Phi) is 13.7. The molecule has 0 aliphatic heterocycles. The van der Waals surface area contributed by atoms with Crippen molar-refractivity contribution in [2.24, 2.45) is 0 Å². The first-order valence-electron chi connectivity index (χ1n) is 7.69. The van der Waals surface area contributed by atoms with Crippen LogP contribution < -0.4 is 0 Å². The number of hydrogen-bond acceptors (Lipinski definition) is 2. The molecule has 0 saturated carbocycles. The van der Waals surface area contributed by atoms with Gasteiger partial charge in [-0.3, -0.25) is 0 Å². The summed E-state index contributed by atoms with van der Waals surface area (Å²) in [5.41, 5.74) is 0. The van der Waals surface area contributed by atoms with E-state index < -0.39 is 12.1 Å². The number of aliphatic hydroxyl groups excluding tert-OH is 1. The van der Waals surface area contributed by atoms with E-state index in [0.717, 1.165) is 32.1 Å². The molecule has 0 aromatic carbocycles. The Morgan fingerprint density at radius 1 is 0.905 bits per heavy atom. The minimum absolute atomic E-state index is 0.312.